The fourth-order valence-corrected chi connectivity index (χ4v) is 0.575. The third-order valence-corrected chi connectivity index (χ3v) is 1.42. The average Bonchev–Trinajstić information content (AvgIpc) is 1.80. The Balaban J connectivity index is 3.61. The highest BCUT2D eigenvalue weighted by Crippen LogP contribution is 2.16. The predicted molar refractivity (Wildman–Crippen MR) is 47.2 cm³/mol. The van der Waals surface area contributed by atoms with Crippen LogP contribution >= 0.6 is 0 Å². The minimum absolute atomic E-state index is 0.0873. The molecule has 0 radical (unpaired) electrons. The van der Waals surface area contributed by atoms with E-state index in [4.69, 9.17) is 0 Å². The van der Waals surface area contributed by atoms with Crippen LogP contribution in [0.15, 0.2) is 0 Å². The Morgan fingerprint density at radius 1 is 1.36 bits per heavy atom. The smallest absolute Gasteiger partial charge is 0.110 e. The topological polar surface area (TPSA) is 35.5 Å². The van der Waals surface area contributed by atoms with Crippen LogP contribution in [0.25, 0.3) is 0 Å². The number of nitrogens with one attached hydrogen (secondary N) is 1. The zero-order valence-electron chi connectivity index (χ0n) is 8.18. The first-order valence-electron chi connectivity index (χ1n) is 3.90. The summed E-state index contributed by atoms with van der Waals surface area (Å²) in [6.07, 6.45) is -0.440. The Kier molecular flexibility index (Phi) is 4.00. The molecule has 0 spiro atoms. The molecule has 0 aromatic heterocycles. The van der Waals surface area contributed by atoms with Crippen molar-refractivity contribution in [3.8, 4) is 0 Å². The standard InChI is InChI=1S/C8H20N2O/c1-8(2,3)7(11)9-6-10(4)5/h7,9,11H,6H2,1-5H3. The molecular weight excluding hydrogens is 140 g/mol. The largest absolute Gasteiger partial charge is 0.378 e. The van der Waals surface area contributed by atoms with E-state index in [0.29, 0.717) is 6.67 Å². The molecule has 0 bridgehead atoms. The molecule has 0 amide bonds. The summed E-state index contributed by atoms with van der Waals surface area (Å²) in [4.78, 5) is 1.98. The van der Waals surface area contributed by atoms with E-state index in [0.717, 1.165) is 0 Å². The number of aliphatic hydroxyl groups is 1. The molecule has 0 aromatic carbocycles. The van der Waals surface area contributed by atoms with Gasteiger partial charge in [0.2, 0.25) is 0 Å². The third kappa shape index (κ3) is 5.18. The zero-order chi connectivity index (χ0) is 9.07. The summed E-state index contributed by atoms with van der Waals surface area (Å²) >= 11 is 0. The SMILES string of the molecule is CN(C)CNC(O)C(C)(C)C. The van der Waals surface area contributed by atoms with Gasteiger partial charge in [0.15, 0.2) is 0 Å². The highest BCUT2D eigenvalue weighted by atomic mass is 16.3. The van der Waals surface area contributed by atoms with Gasteiger partial charge in [-0.3, -0.25) is 10.2 Å². The highest BCUT2D eigenvalue weighted by molar-refractivity contribution is 4.69. The summed E-state index contributed by atoms with van der Waals surface area (Å²) in [5.41, 5.74) is -0.0873. The van der Waals surface area contributed by atoms with Gasteiger partial charge in [-0.15, -0.1) is 0 Å². The predicted octanol–water partition coefficient (Wildman–Crippen LogP) is 0.460. The first-order valence-corrected chi connectivity index (χ1v) is 3.90. The number of nitrogens with zero attached hydrogens (tertiary/aromatic N) is 1. The van der Waals surface area contributed by atoms with Crippen molar-refractivity contribution < 1.29 is 5.11 Å². The highest BCUT2D eigenvalue weighted by Gasteiger charge is 2.20. The fourth-order valence-electron chi connectivity index (χ4n) is 0.575. The lowest BCUT2D eigenvalue weighted by atomic mass is 9.94. The summed E-state index contributed by atoms with van der Waals surface area (Å²) in [7, 11) is 3.92. The van der Waals surface area contributed by atoms with Crippen LogP contribution in [0, 0.1) is 5.41 Å². The van der Waals surface area contributed by atoms with Crippen LogP contribution in [0.4, 0.5) is 0 Å². The molecule has 3 heteroatoms. The Bertz CT molecular complexity index is 107. The molecule has 1 unspecified atom stereocenters. The van der Waals surface area contributed by atoms with Gasteiger partial charge >= 0.3 is 0 Å². The second kappa shape index (κ2) is 4.04. The van der Waals surface area contributed by atoms with Crippen LogP contribution in [0.2, 0.25) is 0 Å². The number of rotatable bonds is 3. The van der Waals surface area contributed by atoms with Crippen molar-refractivity contribution in [1.82, 2.24) is 10.2 Å². The van der Waals surface area contributed by atoms with Crippen LogP contribution in [-0.4, -0.2) is 37.0 Å². The van der Waals surface area contributed by atoms with Crippen molar-refractivity contribution in [1.29, 1.82) is 0 Å². The molecule has 0 aliphatic rings. The minimum atomic E-state index is -0.440. The normalized spacial score (nSPS) is 15.5. The van der Waals surface area contributed by atoms with Crippen molar-refractivity contribution >= 4 is 0 Å². The van der Waals surface area contributed by atoms with E-state index in [2.05, 4.69) is 5.32 Å². The quantitative estimate of drug-likeness (QED) is 0.589. The van der Waals surface area contributed by atoms with Crippen LogP contribution in [0.1, 0.15) is 20.8 Å². The Labute approximate surface area is 69.4 Å². The summed E-state index contributed by atoms with van der Waals surface area (Å²) in [6, 6.07) is 0. The van der Waals surface area contributed by atoms with E-state index in [-0.39, 0.29) is 5.41 Å². The van der Waals surface area contributed by atoms with Gasteiger partial charge in [-0.25, -0.2) is 0 Å². The first-order chi connectivity index (χ1) is 4.84. The Morgan fingerprint density at radius 3 is 2.09 bits per heavy atom. The molecule has 0 aromatic rings. The van der Waals surface area contributed by atoms with Crippen molar-refractivity contribution in [2.75, 3.05) is 20.8 Å². The molecule has 0 aliphatic carbocycles. The molecule has 0 rings (SSSR count). The van der Waals surface area contributed by atoms with E-state index < -0.39 is 6.23 Å². The maximum absolute atomic E-state index is 9.50. The van der Waals surface area contributed by atoms with Gasteiger partial charge in [-0.2, -0.15) is 0 Å². The van der Waals surface area contributed by atoms with Crippen molar-refractivity contribution in [2.24, 2.45) is 5.41 Å². The van der Waals surface area contributed by atoms with Gasteiger partial charge in [-0.05, 0) is 14.1 Å². The molecule has 1 atom stereocenters. The monoisotopic (exact) mass is 160 g/mol. The molecule has 0 saturated heterocycles. The lowest BCUT2D eigenvalue weighted by molar-refractivity contribution is 0.0239. The van der Waals surface area contributed by atoms with E-state index >= 15 is 0 Å². The van der Waals surface area contributed by atoms with E-state index in [9.17, 15) is 5.11 Å². The van der Waals surface area contributed by atoms with Crippen LogP contribution in [0.5, 0.6) is 0 Å². The Morgan fingerprint density at radius 2 is 1.82 bits per heavy atom. The second-order valence-electron chi connectivity index (χ2n) is 4.21. The molecule has 11 heavy (non-hydrogen) atoms. The molecule has 3 nitrogen and oxygen atoms in total. The number of aliphatic hydroxyl groups excluding tert-OH is 1. The zero-order valence-corrected chi connectivity index (χ0v) is 8.18. The summed E-state index contributed by atoms with van der Waals surface area (Å²) in [5, 5.41) is 12.5. The Hall–Kier alpha value is -0.120. The van der Waals surface area contributed by atoms with Crippen molar-refractivity contribution in [3.05, 3.63) is 0 Å². The molecular formula is C8H20N2O. The summed E-state index contributed by atoms with van der Waals surface area (Å²) < 4.78 is 0. The second-order valence-corrected chi connectivity index (χ2v) is 4.21. The molecule has 0 aliphatic heterocycles. The molecule has 2 N–H and O–H groups in total. The van der Waals surface area contributed by atoms with Gasteiger partial charge in [0, 0.05) is 12.1 Å². The average molecular weight is 160 g/mol. The molecule has 68 valence electrons. The van der Waals surface area contributed by atoms with Crippen LogP contribution < -0.4 is 5.32 Å². The minimum Gasteiger partial charge on any atom is -0.378 e. The fraction of sp³-hybridized carbons (Fsp3) is 1.00. The summed E-state index contributed by atoms with van der Waals surface area (Å²) in [5.74, 6) is 0. The lowest BCUT2D eigenvalue weighted by Gasteiger charge is -2.27. The van der Waals surface area contributed by atoms with Crippen molar-refractivity contribution in [2.45, 2.75) is 27.0 Å². The third-order valence-electron chi connectivity index (χ3n) is 1.42. The molecule has 0 fully saturated rings. The van der Waals surface area contributed by atoms with Gasteiger partial charge < -0.3 is 5.11 Å². The number of hydrogen-bond donors (Lipinski definition) is 2. The van der Waals surface area contributed by atoms with Gasteiger partial charge in [0.25, 0.3) is 0 Å². The first kappa shape index (κ1) is 10.9. The van der Waals surface area contributed by atoms with Crippen molar-refractivity contribution in [3.63, 3.8) is 0 Å². The van der Waals surface area contributed by atoms with Gasteiger partial charge in [0.05, 0.1) is 0 Å². The number of hydrogen-bond acceptors (Lipinski definition) is 3. The maximum atomic E-state index is 9.50. The van der Waals surface area contributed by atoms with Gasteiger partial charge in [0.1, 0.15) is 6.23 Å². The van der Waals surface area contributed by atoms with E-state index in [1.54, 1.807) is 0 Å². The van der Waals surface area contributed by atoms with Crippen LogP contribution in [-0.2, 0) is 0 Å². The summed E-state index contributed by atoms with van der Waals surface area (Å²) in [6.45, 7) is 6.71. The van der Waals surface area contributed by atoms with Crippen LogP contribution in [0.3, 0.4) is 0 Å². The van der Waals surface area contributed by atoms with E-state index in [1.807, 2.05) is 39.8 Å². The lowest BCUT2D eigenvalue weighted by Crippen LogP contribution is -2.44. The van der Waals surface area contributed by atoms with Gasteiger partial charge in [-0.1, -0.05) is 20.8 Å². The van der Waals surface area contributed by atoms with E-state index in [1.165, 1.54) is 0 Å². The maximum Gasteiger partial charge on any atom is 0.110 e. The molecule has 0 heterocycles. The molecule has 0 saturated carbocycles.